The van der Waals surface area contributed by atoms with Gasteiger partial charge in [0.25, 0.3) is 0 Å². The fraction of sp³-hybridized carbons (Fsp3) is 1.00. The molecule has 0 bridgehead atoms. The largest absolute Gasteiger partial charge is 0.316 e. The van der Waals surface area contributed by atoms with Crippen LogP contribution in [0.1, 0.15) is 40.0 Å². The van der Waals surface area contributed by atoms with Gasteiger partial charge in [-0.15, -0.1) is 0 Å². The van der Waals surface area contributed by atoms with Gasteiger partial charge in [-0.05, 0) is 31.8 Å². The highest BCUT2D eigenvalue weighted by molar-refractivity contribution is 4.62. The molecule has 0 aliphatic carbocycles. The summed E-state index contributed by atoms with van der Waals surface area (Å²) in [4.78, 5) is 0. The van der Waals surface area contributed by atoms with E-state index in [-0.39, 0.29) is 0 Å². The molecular formula is C9H21N. The van der Waals surface area contributed by atoms with E-state index in [1.54, 1.807) is 0 Å². The van der Waals surface area contributed by atoms with Crippen LogP contribution in [0.5, 0.6) is 0 Å². The van der Waals surface area contributed by atoms with Crippen LogP contribution in [0.15, 0.2) is 0 Å². The van der Waals surface area contributed by atoms with E-state index in [2.05, 4.69) is 12.2 Å². The van der Waals surface area contributed by atoms with Crippen molar-refractivity contribution in [1.82, 2.24) is 5.32 Å². The van der Waals surface area contributed by atoms with Crippen molar-refractivity contribution < 1.29 is 0 Å². The zero-order chi connectivity index (χ0) is 7.82. The molecule has 0 amide bonds. The molecule has 0 aromatic rings. The monoisotopic (exact) mass is 143 g/mol. The highest BCUT2D eigenvalue weighted by Crippen LogP contribution is 2.08. The molecule has 0 aromatic heterocycles. The van der Waals surface area contributed by atoms with E-state index in [4.69, 9.17) is 0 Å². The molecule has 1 nitrogen and oxygen atoms in total. The summed E-state index contributed by atoms with van der Waals surface area (Å²) in [6, 6.07) is 0. The first kappa shape index (κ1) is 9.96. The number of hydrogen-bond acceptors (Lipinski definition) is 1. The Balaban J connectivity index is 0.000000371. The fourth-order valence-electron chi connectivity index (χ4n) is 1.19. The first-order chi connectivity index (χ1) is 4.89. The minimum absolute atomic E-state index is 0.914. The third-order valence-corrected chi connectivity index (χ3v) is 1.79. The van der Waals surface area contributed by atoms with Gasteiger partial charge in [-0.25, -0.2) is 0 Å². The molecule has 10 heavy (non-hydrogen) atoms. The predicted molar refractivity (Wildman–Crippen MR) is 47.2 cm³/mol. The molecule has 62 valence electrons. The van der Waals surface area contributed by atoms with E-state index in [1.807, 2.05) is 13.8 Å². The first-order valence-electron chi connectivity index (χ1n) is 4.60. The van der Waals surface area contributed by atoms with E-state index < -0.39 is 0 Å². The second-order valence-electron chi connectivity index (χ2n) is 2.81. The lowest BCUT2D eigenvalue weighted by Gasteiger charge is -2.03. The lowest BCUT2D eigenvalue weighted by atomic mass is 10.1. The zero-order valence-electron chi connectivity index (χ0n) is 7.61. The molecule has 0 spiro atoms. The van der Waals surface area contributed by atoms with Crippen LogP contribution >= 0.6 is 0 Å². The van der Waals surface area contributed by atoms with Crippen molar-refractivity contribution in [3.05, 3.63) is 0 Å². The lowest BCUT2D eigenvalue weighted by molar-refractivity contribution is 0.525. The maximum Gasteiger partial charge on any atom is -0.00232 e. The Morgan fingerprint density at radius 1 is 1.20 bits per heavy atom. The Morgan fingerprint density at radius 2 is 1.90 bits per heavy atom. The van der Waals surface area contributed by atoms with Crippen LogP contribution in [0.3, 0.4) is 0 Å². The normalized spacial score (nSPS) is 26.1. The Labute approximate surface area is 65.2 Å². The van der Waals surface area contributed by atoms with Crippen LogP contribution < -0.4 is 5.32 Å². The molecule has 0 saturated carbocycles. The van der Waals surface area contributed by atoms with E-state index in [1.165, 1.54) is 32.4 Å². The zero-order valence-corrected chi connectivity index (χ0v) is 7.61. The molecule has 0 aromatic carbocycles. The summed E-state index contributed by atoms with van der Waals surface area (Å²) < 4.78 is 0. The maximum absolute atomic E-state index is 3.40. The average molecular weight is 143 g/mol. The second kappa shape index (κ2) is 7.07. The van der Waals surface area contributed by atoms with Gasteiger partial charge >= 0.3 is 0 Å². The van der Waals surface area contributed by atoms with Crippen molar-refractivity contribution in [3.63, 3.8) is 0 Å². The molecule has 1 aliphatic heterocycles. The van der Waals surface area contributed by atoms with Gasteiger partial charge in [0.1, 0.15) is 0 Å². The van der Waals surface area contributed by atoms with Crippen LogP contribution in [-0.4, -0.2) is 13.1 Å². The van der Waals surface area contributed by atoms with Gasteiger partial charge in [0, 0.05) is 0 Å². The smallest absolute Gasteiger partial charge is 0.00232 e. The van der Waals surface area contributed by atoms with E-state index >= 15 is 0 Å². The SMILES string of the molecule is CC.CC1CCCCNC1. The highest BCUT2D eigenvalue weighted by atomic mass is 14.9. The molecule has 0 radical (unpaired) electrons. The molecule has 1 heterocycles. The van der Waals surface area contributed by atoms with Crippen molar-refractivity contribution in [2.24, 2.45) is 5.92 Å². The van der Waals surface area contributed by atoms with Crippen molar-refractivity contribution in [1.29, 1.82) is 0 Å². The summed E-state index contributed by atoms with van der Waals surface area (Å²) in [5.74, 6) is 0.914. The Kier molecular flexibility index (Phi) is 7.04. The van der Waals surface area contributed by atoms with Crippen molar-refractivity contribution in [2.45, 2.75) is 40.0 Å². The van der Waals surface area contributed by atoms with Gasteiger partial charge in [-0.2, -0.15) is 0 Å². The molecule has 1 N–H and O–H groups in total. The summed E-state index contributed by atoms with van der Waals surface area (Å²) in [5.41, 5.74) is 0. The van der Waals surface area contributed by atoms with Gasteiger partial charge in [0.15, 0.2) is 0 Å². The van der Waals surface area contributed by atoms with Gasteiger partial charge < -0.3 is 5.32 Å². The minimum Gasteiger partial charge on any atom is -0.316 e. The molecule has 1 aliphatic rings. The summed E-state index contributed by atoms with van der Waals surface area (Å²) in [6.07, 6.45) is 4.23. The number of rotatable bonds is 0. The molecule has 1 saturated heterocycles. The van der Waals surface area contributed by atoms with Gasteiger partial charge in [0.05, 0.1) is 0 Å². The van der Waals surface area contributed by atoms with Crippen LogP contribution in [0.4, 0.5) is 0 Å². The van der Waals surface area contributed by atoms with Gasteiger partial charge in [0.2, 0.25) is 0 Å². The molecular weight excluding hydrogens is 122 g/mol. The van der Waals surface area contributed by atoms with Crippen molar-refractivity contribution in [2.75, 3.05) is 13.1 Å². The number of hydrogen-bond donors (Lipinski definition) is 1. The fourth-order valence-corrected chi connectivity index (χ4v) is 1.19. The topological polar surface area (TPSA) is 12.0 Å². The molecule has 1 fully saturated rings. The quantitative estimate of drug-likeness (QED) is 0.549. The van der Waals surface area contributed by atoms with Gasteiger partial charge in [-0.1, -0.05) is 27.2 Å². The third kappa shape index (κ3) is 4.80. The minimum atomic E-state index is 0.914. The summed E-state index contributed by atoms with van der Waals surface area (Å²) >= 11 is 0. The lowest BCUT2D eigenvalue weighted by Crippen LogP contribution is -2.18. The summed E-state index contributed by atoms with van der Waals surface area (Å²) in [6.45, 7) is 8.79. The first-order valence-corrected chi connectivity index (χ1v) is 4.60. The Bertz CT molecular complexity index is 53.7. The Hall–Kier alpha value is -0.0400. The van der Waals surface area contributed by atoms with Crippen LogP contribution in [-0.2, 0) is 0 Å². The van der Waals surface area contributed by atoms with E-state index in [9.17, 15) is 0 Å². The molecule has 1 atom stereocenters. The van der Waals surface area contributed by atoms with E-state index in [0.717, 1.165) is 5.92 Å². The molecule has 1 heteroatoms. The summed E-state index contributed by atoms with van der Waals surface area (Å²) in [7, 11) is 0. The Morgan fingerprint density at radius 3 is 2.60 bits per heavy atom. The van der Waals surface area contributed by atoms with Crippen LogP contribution in [0.2, 0.25) is 0 Å². The average Bonchev–Trinajstić information content (AvgIpc) is 2.21. The molecule has 1 unspecified atom stereocenters. The van der Waals surface area contributed by atoms with Crippen LogP contribution in [0.25, 0.3) is 0 Å². The van der Waals surface area contributed by atoms with E-state index in [0.29, 0.717) is 0 Å². The maximum atomic E-state index is 3.40. The summed E-state index contributed by atoms with van der Waals surface area (Å²) in [5, 5.41) is 3.40. The second-order valence-corrected chi connectivity index (χ2v) is 2.81. The molecule has 1 rings (SSSR count). The third-order valence-electron chi connectivity index (χ3n) is 1.79. The van der Waals surface area contributed by atoms with Crippen molar-refractivity contribution >= 4 is 0 Å². The van der Waals surface area contributed by atoms with Gasteiger partial charge in [-0.3, -0.25) is 0 Å². The van der Waals surface area contributed by atoms with Crippen molar-refractivity contribution in [3.8, 4) is 0 Å². The highest BCUT2D eigenvalue weighted by Gasteiger charge is 2.04. The predicted octanol–water partition coefficient (Wildman–Crippen LogP) is 2.42. The standard InChI is InChI=1S/C7H15N.C2H6/c1-7-4-2-3-5-8-6-7;1-2/h7-8H,2-6H2,1H3;1-2H3. The number of nitrogens with one attached hydrogen (secondary N) is 1. The van der Waals surface area contributed by atoms with Crippen LogP contribution in [0, 0.1) is 5.92 Å².